The van der Waals surface area contributed by atoms with Gasteiger partial charge < -0.3 is 0 Å². The van der Waals surface area contributed by atoms with Gasteiger partial charge in [0.15, 0.2) is 5.13 Å². The summed E-state index contributed by atoms with van der Waals surface area (Å²) in [5, 5.41) is 3.53. The quantitative estimate of drug-likeness (QED) is 0.739. The molecule has 1 N–H and O–H groups in total. The number of rotatable bonds is 4. The Hall–Kier alpha value is -2.46. The van der Waals surface area contributed by atoms with Gasteiger partial charge in [-0.1, -0.05) is 49.4 Å². The van der Waals surface area contributed by atoms with Gasteiger partial charge in [0.2, 0.25) is 0 Å². The second kappa shape index (κ2) is 6.75. The van der Waals surface area contributed by atoms with Crippen molar-refractivity contribution < 1.29 is 4.79 Å². The van der Waals surface area contributed by atoms with Crippen LogP contribution in [0.3, 0.4) is 0 Å². The highest BCUT2D eigenvalue weighted by Gasteiger charge is 2.13. The van der Waals surface area contributed by atoms with Crippen molar-refractivity contribution in [3.05, 3.63) is 70.6 Å². The molecule has 116 valence electrons. The van der Waals surface area contributed by atoms with Gasteiger partial charge in [-0.05, 0) is 31.0 Å². The van der Waals surface area contributed by atoms with Crippen LogP contribution in [-0.4, -0.2) is 10.9 Å². The minimum absolute atomic E-state index is 0.124. The Kier molecular flexibility index (Phi) is 4.53. The lowest BCUT2D eigenvalue weighted by Gasteiger charge is -2.03. The van der Waals surface area contributed by atoms with Gasteiger partial charge >= 0.3 is 0 Å². The van der Waals surface area contributed by atoms with Gasteiger partial charge in [-0.25, -0.2) is 4.98 Å². The van der Waals surface area contributed by atoms with Crippen molar-refractivity contribution in [3.63, 3.8) is 0 Å². The Labute approximate surface area is 140 Å². The number of aryl methyl sites for hydroxylation is 2. The molecule has 1 heterocycles. The topological polar surface area (TPSA) is 42.0 Å². The summed E-state index contributed by atoms with van der Waals surface area (Å²) in [5.74, 6) is -0.124. The molecule has 0 radical (unpaired) electrons. The molecule has 1 aromatic heterocycles. The van der Waals surface area contributed by atoms with E-state index in [-0.39, 0.29) is 5.91 Å². The molecule has 0 atom stereocenters. The normalized spacial score (nSPS) is 10.5. The molecule has 0 aliphatic rings. The molecule has 0 unspecified atom stereocenters. The van der Waals surface area contributed by atoms with E-state index in [2.05, 4.69) is 17.2 Å². The molecule has 3 rings (SSSR count). The number of hydrogen-bond donors (Lipinski definition) is 1. The lowest BCUT2D eigenvalue weighted by Crippen LogP contribution is -2.11. The van der Waals surface area contributed by atoms with Crippen LogP contribution in [-0.2, 0) is 6.42 Å². The van der Waals surface area contributed by atoms with Crippen molar-refractivity contribution in [2.24, 2.45) is 0 Å². The van der Waals surface area contributed by atoms with Crippen molar-refractivity contribution in [1.29, 1.82) is 0 Å². The van der Waals surface area contributed by atoms with Gasteiger partial charge in [0.25, 0.3) is 5.91 Å². The first-order chi connectivity index (χ1) is 11.2. The van der Waals surface area contributed by atoms with E-state index in [1.165, 1.54) is 16.9 Å². The Morgan fingerprint density at radius 1 is 1.09 bits per heavy atom. The van der Waals surface area contributed by atoms with E-state index in [0.29, 0.717) is 10.7 Å². The third-order valence-electron chi connectivity index (χ3n) is 3.69. The molecule has 0 saturated heterocycles. The van der Waals surface area contributed by atoms with Crippen molar-refractivity contribution >= 4 is 22.4 Å². The van der Waals surface area contributed by atoms with Crippen LogP contribution in [0.15, 0.2) is 54.6 Å². The van der Waals surface area contributed by atoms with E-state index >= 15 is 0 Å². The van der Waals surface area contributed by atoms with Crippen molar-refractivity contribution in [2.45, 2.75) is 20.3 Å². The van der Waals surface area contributed by atoms with E-state index in [4.69, 9.17) is 0 Å². The van der Waals surface area contributed by atoms with Crippen molar-refractivity contribution in [2.75, 3.05) is 5.32 Å². The highest BCUT2D eigenvalue weighted by molar-refractivity contribution is 7.16. The summed E-state index contributed by atoms with van der Waals surface area (Å²) in [5.41, 5.74) is 3.86. The highest BCUT2D eigenvalue weighted by Crippen LogP contribution is 2.30. The maximum Gasteiger partial charge on any atom is 0.257 e. The first-order valence-electron chi connectivity index (χ1n) is 7.60. The van der Waals surface area contributed by atoms with Gasteiger partial charge in [-0.3, -0.25) is 10.1 Å². The Morgan fingerprint density at radius 3 is 2.43 bits per heavy atom. The second-order valence-electron chi connectivity index (χ2n) is 5.29. The predicted molar refractivity (Wildman–Crippen MR) is 96.1 cm³/mol. The predicted octanol–water partition coefficient (Wildman–Crippen LogP) is 4.93. The Balaban J connectivity index is 1.79. The summed E-state index contributed by atoms with van der Waals surface area (Å²) in [6.07, 6.45) is 0.966. The number of benzene rings is 2. The lowest BCUT2D eigenvalue weighted by atomic mass is 10.1. The molecular formula is C19H18N2OS. The summed E-state index contributed by atoms with van der Waals surface area (Å²) < 4.78 is 0. The first-order valence-corrected chi connectivity index (χ1v) is 8.42. The molecule has 0 saturated carbocycles. The maximum absolute atomic E-state index is 12.3. The summed E-state index contributed by atoms with van der Waals surface area (Å²) >= 11 is 1.50. The van der Waals surface area contributed by atoms with Crippen molar-refractivity contribution in [1.82, 2.24) is 4.98 Å². The van der Waals surface area contributed by atoms with Gasteiger partial charge in [0.1, 0.15) is 0 Å². The maximum atomic E-state index is 12.3. The minimum Gasteiger partial charge on any atom is -0.298 e. The lowest BCUT2D eigenvalue weighted by molar-refractivity contribution is 0.102. The molecule has 23 heavy (non-hydrogen) atoms. The Bertz CT molecular complexity index is 807. The van der Waals surface area contributed by atoms with E-state index in [1.807, 2.05) is 61.5 Å². The summed E-state index contributed by atoms with van der Waals surface area (Å²) in [6.45, 7) is 4.12. The number of carbonyl (C=O) groups is 1. The van der Waals surface area contributed by atoms with Crippen LogP contribution in [0.2, 0.25) is 0 Å². The zero-order chi connectivity index (χ0) is 16.2. The van der Waals surface area contributed by atoms with E-state index in [9.17, 15) is 4.79 Å². The number of aromatic nitrogens is 1. The summed E-state index contributed by atoms with van der Waals surface area (Å²) in [6, 6.07) is 17.7. The minimum atomic E-state index is -0.124. The number of nitrogens with zero attached hydrogens (tertiary/aromatic N) is 1. The van der Waals surface area contributed by atoms with Crippen LogP contribution >= 0.6 is 11.3 Å². The summed E-state index contributed by atoms with van der Waals surface area (Å²) in [7, 11) is 0. The number of anilines is 1. The first kappa shape index (κ1) is 15.4. The molecule has 0 bridgehead atoms. The molecule has 0 spiro atoms. The molecule has 0 aliphatic carbocycles. The van der Waals surface area contributed by atoms with E-state index in [1.54, 1.807) is 0 Å². The molecule has 0 aliphatic heterocycles. The Morgan fingerprint density at radius 2 is 1.78 bits per heavy atom. The number of carbonyl (C=O) groups excluding carboxylic acids is 1. The number of amides is 1. The number of hydrogen-bond acceptors (Lipinski definition) is 3. The van der Waals surface area contributed by atoms with Crippen LogP contribution in [0.5, 0.6) is 0 Å². The molecule has 2 aromatic carbocycles. The fourth-order valence-corrected chi connectivity index (χ4v) is 3.21. The molecule has 1 amide bonds. The van der Waals surface area contributed by atoms with Gasteiger partial charge in [0.05, 0.1) is 5.69 Å². The molecule has 3 aromatic rings. The van der Waals surface area contributed by atoms with Gasteiger partial charge in [-0.15, -0.1) is 11.3 Å². The fourth-order valence-electron chi connectivity index (χ4n) is 2.37. The van der Waals surface area contributed by atoms with E-state index in [0.717, 1.165) is 22.6 Å². The standard InChI is InChI=1S/C19H18N2OS/c1-3-14-9-11-16(12-10-14)18(22)21-19-20-17(13(2)23-19)15-7-5-4-6-8-15/h4-12H,3H2,1-2H3,(H,20,21,22). The fraction of sp³-hybridized carbons (Fsp3) is 0.158. The zero-order valence-electron chi connectivity index (χ0n) is 13.2. The zero-order valence-corrected chi connectivity index (χ0v) is 14.0. The third-order valence-corrected chi connectivity index (χ3v) is 4.57. The van der Waals surface area contributed by atoms with Crippen LogP contribution in [0.1, 0.15) is 27.7 Å². The highest BCUT2D eigenvalue weighted by atomic mass is 32.1. The monoisotopic (exact) mass is 322 g/mol. The van der Waals surface area contributed by atoms with E-state index < -0.39 is 0 Å². The average molecular weight is 322 g/mol. The van der Waals surface area contributed by atoms with Crippen LogP contribution in [0, 0.1) is 6.92 Å². The number of thiazole rings is 1. The van der Waals surface area contributed by atoms with Crippen molar-refractivity contribution in [3.8, 4) is 11.3 Å². The molecule has 0 fully saturated rings. The number of nitrogens with one attached hydrogen (secondary N) is 1. The van der Waals surface area contributed by atoms with Gasteiger partial charge in [-0.2, -0.15) is 0 Å². The third kappa shape index (κ3) is 3.48. The average Bonchev–Trinajstić information content (AvgIpc) is 2.96. The smallest absolute Gasteiger partial charge is 0.257 e. The van der Waals surface area contributed by atoms with Crippen LogP contribution in [0.25, 0.3) is 11.3 Å². The molecule has 3 nitrogen and oxygen atoms in total. The van der Waals surface area contributed by atoms with Gasteiger partial charge in [0, 0.05) is 16.0 Å². The van der Waals surface area contributed by atoms with Crippen LogP contribution < -0.4 is 5.32 Å². The SMILES string of the molecule is CCc1ccc(C(=O)Nc2nc(-c3ccccc3)c(C)s2)cc1. The van der Waals surface area contributed by atoms with Crippen LogP contribution in [0.4, 0.5) is 5.13 Å². The molecular weight excluding hydrogens is 304 g/mol. The summed E-state index contributed by atoms with van der Waals surface area (Å²) in [4.78, 5) is 18.0. The molecule has 4 heteroatoms. The second-order valence-corrected chi connectivity index (χ2v) is 6.50. The largest absolute Gasteiger partial charge is 0.298 e.